The number of hydrogen-bond donors (Lipinski definition) is 0. The lowest BCUT2D eigenvalue weighted by Gasteiger charge is -2.34. The molecular formula is C15H19NO4. The van der Waals surface area contributed by atoms with Gasteiger partial charge in [-0.05, 0) is 32.9 Å². The van der Waals surface area contributed by atoms with Gasteiger partial charge in [0.1, 0.15) is 0 Å². The second kappa shape index (κ2) is 5.94. The van der Waals surface area contributed by atoms with Crippen LogP contribution in [0.1, 0.15) is 20.8 Å². The van der Waals surface area contributed by atoms with Crippen LogP contribution in [0, 0.1) is 0 Å². The highest BCUT2D eigenvalue weighted by Gasteiger charge is 2.41. The van der Waals surface area contributed by atoms with Crippen LogP contribution in [0.15, 0.2) is 24.3 Å². The lowest BCUT2D eigenvalue weighted by molar-refractivity contribution is -0.150. The van der Waals surface area contributed by atoms with E-state index in [0.29, 0.717) is 24.6 Å². The normalized spacial score (nSPS) is 20.4. The first-order valence-electron chi connectivity index (χ1n) is 6.80. The van der Waals surface area contributed by atoms with Crippen LogP contribution < -0.4 is 9.47 Å². The monoisotopic (exact) mass is 277 g/mol. The molecule has 0 unspecified atom stereocenters. The topological polar surface area (TPSA) is 55.8 Å². The summed E-state index contributed by atoms with van der Waals surface area (Å²) in [5.74, 6) is 0.557. The number of ketones is 1. The second-order valence-electron chi connectivity index (χ2n) is 4.64. The van der Waals surface area contributed by atoms with Gasteiger partial charge in [-0.15, -0.1) is 0 Å². The van der Waals surface area contributed by atoms with Crippen molar-refractivity contribution in [2.75, 3.05) is 13.1 Å². The van der Waals surface area contributed by atoms with Crippen LogP contribution in [-0.2, 0) is 9.59 Å². The molecule has 0 aromatic heterocycles. The molecule has 0 spiro atoms. The SMILES string of the molecule is CCN(CC)C(=O)[C@@H]1Oc2ccccc2O[C@@H]1C(C)=O. The molecule has 0 bridgehead atoms. The molecule has 108 valence electrons. The predicted octanol–water partition coefficient (Wildman–Crippen LogP) is 1.65. The first-order chi connectivity index (χ1) is 9.58. The van der Waals surface area contributed by atoms with Gasteiger partial charge < -0.3 is 14.4 Å². The number of benzene rings is 1. The summed E-state index contributed by atoms with van der Waals surface area (Å²) in [6.07, 6.45) is -1.81. The largest absolute Gasteiger partial charge is 0.474 e. The van der Waals surface area contributed by atoms with Crippen molar-refractivity contribution in [2.24, 2.45) is 0 Å². The highest BCUT2D eigenvalue weighted by atomic mass is 16.6. The Balaban J connectivity index is 2.31. The van der Waals surface area contributed by atoms with Crippen LogP contribution >= 0.6 is 0 Å². The fourth-order valence-electron chi connectivity index (χ4n) is 2.23. The number of ether oxygens (including phenoxy) is 2. The van der Waals surface area contributed by atoms with E-state index in [1.54, 1.807) is 29.2 Å². The summed E-state index contributed by atoms with van der Waals surface area (Å²) in [5, 5.41) is 0. The van der Waals surface area contributed by atoms with Crippen LogP contribution in [0.5, 0.6) is 11.5 Å². The molecule has 2 atom stereocenters. The van der Waals surface area contributed by atoms with E-state index < -0.39 is 12.2 Å². The Hall–Kier alpha value is -2.04. The van der Waals surface area contributed by atoms with Crippen LogP contribution in [0.25, 0.3) is 0 Å². The van der Waals surface area contributed by atoms with Gasteiger partial charge in [0.25, 0.3) is 5.91 Å². The van der Waals surface area contributed by atoms with E-state index in [1.807, 2.05) is 13.8 Å². The van der Waals surface area contributed by atoms with E-state index in [0.717, 1.165) is 0 Å². The predicted molar refractivity (Wildman–Crippen MR) is 73.9 cm³/mol. The third-order valence-electron chi connectivity index (χ3n) is 3.35. The molecule has 1 aliphatic heterocycles. The molecule has 0 radical (unpaired) electrons. The van der Waals surface area contributed by atoms with E-state index in [4.69, 9.17) is 9.47 Å². The van der Waals surface area contributed by atoms with Gasteiger partial charge in [-0.25, -0.2) is 0 Å². The molecule has 2 rings (SSSR count). The van der Waals surface area contributed by atoms with Gasteiger partial charge in [0.05, 0.1) is 0 Å². The number of rotatable bonds is 4. The van der Waals surface area contributed by atoms with Gasteiger partial charge >= 0.3 is 0 Å². The Morgan fingerprint density at radius 2 is 1.55 bits per heavy atom. The number of nitrogens with zero attached hydrogens (tertiary/aromatic N) is 1. The highest BCUT2D eigenvalue weighted by molar-refractivity contribution is 5.92. The minimum Gasteiger partial charge on any atom is -0.474 e. The molecular weight excluding hydrogens is 258 g/mol. The van der Waals surface area contributed by atoms with Crippen LogP contribution in [0.4, 0.5) is 0 Å². The Kier molecular flexibility index (Phi) is 4.27. The van der Waals surface area contributed by atoms with Gasteiger partial charge in [0.15, 0.2) is 17.3 Å². The molecule has 0 aliphatic carbocycles. The Bertz CT molecular complexity index is 510. The van der Waals surface area contributed by atoms with E-state index in [1.165, 1.54) is 6.92 Å². The number of carbonyl (C=O) groups is 2. The average molecular weight is 277 g/mol. The number of hydrogen-bond acceptors (Lipinski definition) is 4. The lowest BCUT2D eigenvalue weighted by atomic mass is 10.1. The van der Waals surface area contributed by atoms with Crippen molar-refractivity contribution in [2.45, 2.75) is 33.0 Å². The summed E-state index contributed by atoms with van der Waals surface area (Å²) in [5.41, 5.74) is 0. The molecule has 20 heavy (non-hydrogen) atoms. The highest BCUT2D eigenvalue weighted by Crippen LogP contribution is 2.34. The molecule has 5 heteroatoms. The Morgan fingerprint density at radius 3 is 2.00 bits per heavy atom. The zero-order valence-corrected chi connectivity index (χ0v) is 12.0. The van der Waals surface area contributed by atoms with Gasteiger partial charge in [-0.1, -0.05) is 12.1 Å². The number of Topliss-reactive ketones (excluding diaryl/α,β-unsaturated/α-hetero) is 1. The molecule has 1 heterocycles. The van der Waals surface area contributed by atoms with Gasteiger partial charge in [-0.2, -0.15) is 0 Å². The molecule has 0 N–H and O–H groups in total. The van der Waals surface area contributed by atoms with E-state index >= 15 is 0 Å². The maximum Gasteiger partial charge on any atom is 0.268 e. The van der Waals surface area contributed by atoms with Crippen molar-refractivity contribution < 1.29 is 19.1 Å². The Morgan fingerprint density at radius 1 is 1.05 bits per heavy atom. The number of fused-ring (bicyclic) bond motifs is 1. The molecule has 0 fully saturated rings. The second-order valence-corrected chi connectivity index (χ2v) is 4.64. The van der Waals surface area contributed by atoms with E-state index in [9.17, 15) is 9.59 Å². The standard InChI is InChI=1S/C15H19NO4/c1-4-16(5-2)15(18)14-13(10(3)17)19-11-8-6-7-9-12(11)20-14/h6-9,13-14H,4-5H2,1-3H3/t13-,14-/m1/s1. The van der Waals surface area contributed by atoms with Gasteiger partial charge in [0, 0.05) is 13.1 Å². The minimum absolute atomic E-state index is 0.218. The summed E-state index contributed by atoms with van der Waals surface area (Å²) in [4.78, 5) is 25.8. The molecule has 5 nitrogen and oxygen atoms in total. The molecule has 1 amide bonds. The first kappa shape index (κ1) is 14.4. The third kappa shape index (κ3) is 2.61. The number of amides is 1. The van der Waals surface area contributed by atoms with Crippen LogP contribution in [0.3, 0.4) is 0 Å². The van der Waals surface area contributed by atoms with Crippen LogP contribution in [-0.4, -0.2) is 41.9 Å². The molecule has 1 aromatic rings. The van der Waals surface area contributed by atoms with Crippen molar-refractivity contribution in [3.8, 4) is 11.5 Å². The fourth-order valence-corrected chi connectivity index (χ4v) is 2.23. The fraction of sp³-hybridized carbons (Fsp3) is 0.467. The van der Waals surface area contributed by atoms with Gasteiger partial charge in [0.2, 0.25) is 12.2 Å². The summed E-state index contributed by atoms with van der Waals surface area (Å²) in [7, 11) is 0. The third-order valence-corrected chi connectivity index (χ3v) is 3.35. The molecule has 1 aromatic carbocycles. The number of carbonyl (C=O) groups excluding carboxylic acids is 2. The summed E-state index contributed by atoms with van der Waals surface area (Å²) in [6.45, 7) is 6.33. The number of para-hydroxylation sites is 2. The van der Waals surface area contributed by atoms with E-state index in [-0.39, 0.29) is 11.7 Å². The van der Waals surface area contributed by atoms with E-state index in [2.05, 4.69) is 0 Å². The Labute approximate surface area is 118 Å². The van der Waals surface area contributed by atoms with Crippen molar-refractivity contribution in [3.05, 3.63) is 24.3 Å². The van der Waals surface area contributed by atoms with Crippen molar-refractivity contribution in [1.82, 2.24) is 4.90 Å². The van der Waals surface area contributed by atoms with Crippen LogP contribution in [0.2, 0.25) is 0 Å². The lowest BCUT2D eigenvalue weighted by Crippen LogP contribution is -2.54. The zero-order chi connectivity index (χ0) is 14.7. The van der Waals surface area contributed by atoms with Crippen molar-refractivity contribution >= 4 is 11.7 Å². The molecule has 1 aliphatic rings. The smallest absolute Gasteiger partial charge is 0.268 e. The summed E-state index contributed by atoms with van der Waals surface area (Å²) < 4.78 is 11.4. The maximum atomic E-state index is 12.5. The first-order valence-corrected chi connectivity index (χ1v) is 6.80. The zero-order valence-electron chi connectivity index (χ0n) is 12.0. The summed E-state index contributed by atoms with van der Waals surface area (Å²) >= 11 is 0. The average Bonchev–Trinajstić information content (AvgIpc) is 2.46. The summed E-state index contributed by atoms with van der Waals surface area (Å²) in [6, 6.07) is 7.05. The maximum absolute atomic E-state index is 12.5. The van der Waals surface area contributed by atoms with Gasteiger partial charge in [-0.3, -0.25) is 9.59 Å². The number of likely N-dealkylation sites (N-methyl/N-ethyl adjacent to an activating group) is 1. The quantitative estimate of drug-likeness (QED) is 0.839. The van der Waals surface area contributed by atoms with Crippen molar-refractivity contribution in [1.29, 1.82) is 0 Å². The minimum atomic E-state index is -0.915. The molecule has 0 saturated heterocycles. The van der Waals surface area contributed by atoms with Crippen molar-refractivity contribution in [3.63, 3.8) is 0 Å². The molecule has 0 saturated carbocycles.